The molecule has 0 radical (unpaired) electrons. The summed E-state index contributed by atoms with van der Waals surface area (Å²) in [5, 5.41) is 0.556. The van der Waals surface area contributed by atoms with Crippen molar-refractivity contribution in [3.05, 3.63) is 102 Å². The Morgan fingerprint density at radius 2 is 1.38 bits per heavy atom. The molecule has 0 aliphatic carbocycles. The molecule has 0 amide bonds. The number of hydrogen-bond donors (Lipinski definition) is 0. The maximum Gasteiger partial charge on any atom is 0.119 e. The number of rotatable bonds is 9. The van der Waals surface area contributed by atoms with Crippen molar-refractivity contribution in [1.29, 1.82) is 0 Å². The summed E-state index contributed by atoms with van der Waals surface area (Å²) in [5.74, 6) is 0.208. The molecule has 0 aliphatic rings. The minimum Gasteiger partial charge on any atom is -0.492 e. The molecular weight excluding hydrogens is 378 g/mol. The smallest absolute Gasteiger partial charge is 0.119 e. The molecule has 0 unspecified atom stereocenters. The van der Waals surface area contributed by atoms with E-state index in [4.69, 9.17) is 27.3 Å². The van der Waals surface area contributed by atoms with E-state index in [1.54, 1.807) is 24.3 Å². The Balaban J connectivity index is 1.86. The van der Waals surface area contributed by atoms with Gasteiger partial charge in [-0.25, -0.2) is 0 Å². The minimum atomic E-state index is -2.44. The fraction of sp³-hybridized carbons (Fsp3) is 0.231. The third kappa shape index (κ3) is 5.72. The van der Waals surface area contributed by atoms with E-state index in [0.29, 0.717) is 5.03 Å². The minimum absolute atomic E-state index is 0.208. The lowest BCUT2D eigenvalue weighted by Crippen LogP contribution is -2.27. The van der Waals surface area contributed by atoms with Gasteiger partial charge in [-0.2, -0.15) is 0 Å². The van der Waals surface area contributed by atoms with Crippen molar-refractivity contribution in [1.82, 2.24) is 4.90 Å². The Labute approximate surface area is 190 Å². The summed E-state index contributed by atoms with van der Waals surface area (Å²) in [6.07, 6.45) is 0. The summed E-state index contributed by atoms with van der Waals surface area (Å²) < 4.78 is 66.8. The van der Waals surface area contributed by atoms with E-state index in [9.17, 15) is 0 Å². The highest BCUT2D eigenvalue weighted by atomic mass is 35.5. The van der Waals surface area contributed by atoms with Gasteiger partial charge in [-0.1, -0.05) is 98.1 Å². The maximum absolute atomic E-state index is 8.27. The van der Waals surface area contributed by atoms with E-state index in [1.807, 2.05) is 60.7 Å². The van der Waals surface area contributed by atoms with E-state index >= 15 is 0 Å². The van der Waals surface area contributed by atoms with Gasteiger partial charge in [0.2, 0.25) is 0 Å². The highest BCUT2D eigenvalue weighted by molar-refractivity contribution is 6.53. The molecule has 0 saturated heterocycles. The predicted molar refractivity (Wildman–Crippen MR) is 124 cm³/mol. The topological polar surface area (TPSA) is 12.5 Å². The summed E-state index contributed by atoms with van der Waals surface area (Å²) in [4.78, 5) is 1.05. The first kappa shape index (κ1) is 12.9. The molecule has 3 rings (SSSR count). The fourth-order valence-electron chi connectivity index (χ4n) is 2.82. The highest BCUT2D eigenvalue weighted by Gasteiger charge is 2.12. The summed E-state index contributed by atoms with van der Waals surface area (Å²) in [7, 11) is 0. The van der Waals surface area contributed by atoms with Crippen LogP contribution < -0.4 is 4.74 Å². The van der Waals surface area contributed by atoms with Crippen LogP contribution in [0.1, 0.15) is 41.4 Å². The maximum atomic E-state index is 8.27. The lowest BCUT2D eigenvalue weighted by atomic mass is 9.95. The molecule has 0 N–H and O–H groups in total. The van der Waals surface area contributed by atoms with E-state index in [1.165, 1.54) is 0 Å². The summed E-state index contributed by atoms with van der Waals surface area (Å²) >= 11 is 6.84. The average Bonchev–Trinajstić information content (AvgIpc) is 2.79. The molecule has 0 aromatic heterocycles. The molecule has 0 fully saturated rings. The number of ether oxygens (including phenoxy) is 1. The van der Waals surface area contributed by atoms with Crippen molar-refractivity contribution in [2.24, 2.45) is 0 Å². The van der Waals surface area contributed by atoms with Crippen LogP contribution in [-0.4, -0.2) is 31.1 Å². The number of likely N-dealkylation sites (N-methyl/N-ethyl adjacent to an activating group) is 1. The third-order valence-electron chi connectivity index (χ3n) is 4.38. The van der Waals surface area contributed by atoms with Gasteiger partial charge in [0.25, 0.3) is 0 Å². The van der Waals surface area contributed by atoms with Gasteiger partial charge >= 0.3 is 0 Å². The van der Waals surface area contributed by atoms with E-state index in [0.717, 1.165) is 27.2 Å². The van der Waals surface area contributed by atoms with Crippen LogP contribution in [0.5, 0.6) is 5.75 Å². The molecule has 0 saturated carbocycles. The molecule has 2 nitrogen and oxygen atoms in total. The van der Waals surface area contributed by atoms with Gasteiger partial charge in [-0.05, 0) is 41.9 Å². The number of halogens is 1. The monoisotopic (exact) mass is 413 g/mol. The largest absolute Gasteiger partial charge is 0.492 e. The molecule has 0 atom stereocenters. The first-order valence-electron chi connectivity index (χ1n) is 13.2. The Morgan fingerprint density at radius 3 is 1.97 bits per heavy atom. The standard InChI is InChI=1S/C26H28ClNO/c1-3-28(4-2)19-20-29-24-17-15-22(16-18-24)25(21-11-7-5-8-12-21)26(27)23-13-9-6-10-14-23/h5-18H,3-4,19-20H2,1-2H3/b26-25-/i1D3,2D3,20D2. The Bertz CT molecular complexity index is 1160. The van der Waals surface area contributed by atoms with Crippen molar-refractivity contribution in [2.75, 3.05) is 26.2 Å². The summed E-state index contributed by atoms with van der Waals surface area (Å²) in [6, 6.07) is 25.9. The van der Waals surface area contributed by atoms with Gasteiger partial charge in [0.15, 0.2) is 0 Å². The van der Waals surface area contributed by atoms with Crippen LogP contribution in [0.3, 0.4) is 0 Å². The second-order valence-electron chi connectivity index (χ2n) is 6.34. The Hall–Kier alpha value is -2.55. The van der Waals surface area contributed by atoms with E-state index < -0.39 is 39.9 Å². The number of hydrogen-bond acceptors (Lipinski definition) is 2. The molecule has 0 heterocycles. The van der Waals surface area contributed by atoms with Gasteiger partial charge in [-0.3, -0.25) is 0 Å². The lowest BCUT2D eigenvalue weighted by Gasteiger charge is -2.18. The zero-order valence-corrected chi connectivity index (χ0v) is 16.7. The SMILES string of the molecule is [2H]C([2H])([2H])CN(CC([2H])([2H])[2H])CC([2H])([2H])Oc1ccc(/C(=C(\Cl)c2ccccc2)c2ccccc2)cc1. The predicted octanol–water partition coefficient (Wildman–Crippen LogP) is 6.56. The fourth-order valence-corrected chi connectivity index (χ4v) is 3.16. The van der Waals surface area contributed by atoms with Crippen molar-refractivity contribution < 1.29 is 15.7 Å². The molecule has 150 valence electrons. The molecule has 3 aromatic carbocycles. The zero-order chi connectivity index (χ0) is 27.3. The van der Waals surface area contributed by atoms with Crippen molar-refractivity contribution in [3.8, 4) is 5.75 Å². The Kier molecular flexibility index (Phi) is 4.82. The zero-order valence-electron chi connectivity index (χ0n) is 23.9. The summed E-state index contributed by atoms with van der Waals surface area (Å²) in [5.41, 5.74) is 3.34. The van der Waals surface area contributed by atoms with Crippen LogP contribution >= 0.6 is 11.6 Å². The molecule has 3 heteroatoms. The highest BCUT2D eigenvalue weighted by Crippen LogP contribution is 2.35. The van der Waals surface area contributed by atoms with Crippen LogP contribution in [0.25, 0.3) is 10.6 Å². The van der Waals surface area contributed by atoms with Gasteiger partial charge in [0.1, 0.15) is 12.3 Å². The van der Waals surface area contributed by atoms with Crippen LogP contribution in [0.4, 0.5) is 0 Å². The first-order chi connectivity index (χ1) is 17.2. The van der Waals surface area contributed by atoms with Crippen molar-refractivity contribution in [2.45, 2.75) is 13.7 Å². The van der Waals surface area contributed by atoms with Crippen molar-refractivity contribution in [3.63, 3.8) is 0 Å². The summed E-state index contributed by atoms with van der Waals surface area (Å²) in [6.45, 7) is -8.90. The van der Waals surface area contributed by atoms with Crippen LogP contribution in [0.15, 0.2) is 84.9 Å². The van der Waals surface area contributed by atoms with E-state index in [2.05, 4.69) is 0 Å². The molecule has 0 spiro atoms. The number of nitrogens with zero attached hydrogens (tertiary/aromatic N) is 1. The third-order valence-corrected chi connectivity index (χ3v) is 4.78. The van der Waals surface area contributed by atoms with Crippen molar-refractivity contribution >= 4 is 22.2 Å². The van der Waals surface area contributed by atoms with Gasteiger partial charge in [0, 0.05) is 20.3 Å². The second-order valence-corrected chi connectivity index (χ2v) is 6.71. The van der Waals surface area contributed by atoms with Gasteiger partial charge < -0.3 is 9.64 Å². The van der Waals surface area contributed by atoms with Crippen LogP contribution in [0, 0.1) is 0 Å². The van der Waals surface area contributed by atoms with Gasteiger partial charge in [-0.15, -0.1) is 0 Å². The average molecular weight is 414 g/mol. The van der Waals surface area contributed by atoms with E-state index in [-0.39, 0.29) is 5.75 Å². The molecule has 0 aliphatic heterocycles. The second kappa shape index (κ2) is 10.8. The van der Waals surface area contributed by atoms with Gasteiger partial charge in [0.05, 0.1) is 7.77 Å². The quantitative estimate of drug-likeness (QED) is 0.368. The van der Waals surface area contributed by atoms with Crippen LogP contribution in [0.2, 0.25) is 0 Å². The lowest BCUT2D eigenvalue weighted by molar-refractivity contribution is 0.223. The number of benzene rings is 3. The normalized spacial score (nSPS) is 17.4. The molecule has 0 bridgehead atoms. The Morgan fingerprint density at radius 1 is 0.828 bits per heavy atom. The molecule has 29 heavy (non-hydrogen) atoms. The molecular formula is C26H28ClNO. The van der Waals surface area contributed by atoms with Crippen LogP contribution in [-0.2, 0) is 0 Å². The first-order valence-corrected chi connectivity index (χ1v) is 9.63. The molecule has 3 aromatic rings.